The number of aryl methyl sites for hydroxylation is 1. The molecule has 2 aromatic rings. The second-order valence-electron chi connectivity index (χ2n) is 3.77. The summed E-state index contributed by atoms with van der Waals surface area (Å²) in [7, 11) is 2.54. The average molecular weight is 273 g/mol. The van der Waals surface area contributed by atoms with E-state index < -0.39 is 11.7 Å². The molecule has 1 unspecified atom stereocenters. The van der Waals surface area contributed by atoms with E-state index in [-0.39, 0.29) is 0 Å². The molecule has 0 N–H and O–H groups in total. The van der Waals surface area contributed by atoms with E-state index in [9.17, 15) is 13.2 Å². The van der Waals surface area contributed by atoms with Gasteiger partial charge in [0.25, 0.3) is 0 Å². The summed E-state index contributed by atoms with van der Waals surface area (Å²) >= 11 is 0. The molecule has 0 saturated carbocycles. The largest absolute Gasteiger partial charge is 0.416 e. The highest BCUT2D eigenvalue weighted by atomic mass is 31.0. The normalized spacial score (nSPS) is 11.8. The number of benzene rings is 1. The minimum Gasteiger partial charge on any atom is -0.166 e. The molecule has 1 aromatic carbocycles. The number of aromatic nitrogens is 3. The molecule has 0 amide bonds. The summed E-state index contributed by atoms with van der Waals surface area (Å²) in [6.45, 7) is 1.81. The standard InChI is InChI=1S/C11H11F3N3P/c1-7-10(6-18)16-17(15-7)9-4-2-8(3-5-9)11(12,13)14/h2-5H,6,18H2,1H3. The van der Waals surface area contributed by atoms with Crippen molar-refractivity contribution < 1.29 is 13.2 Å². The van der Waals surface area contributed by atoms with Crippen molar-refractivity contribution in [2.45, 2.75) is 19.3 Å². The molecule has 0 aliphatic carbocycles. The molecule has 1 aromatic heterocycles. The first-order chi connectivity index (χ1) is 8.41. The Morgan fingerprint density at radius 2 is 1.78 bits per heavy atom. The Labute approximate surface area is 104 Å². The van der Waals surface area contributed by atoms with Gasteiger partial charge in [-0.2, -0.15) is 28.2 Å². The van der Waals surface area contributed by atoms with Crippen LogP contribution in [0.4, 0.5) is 13.2 Å². The third-order valence-corrected chi connectivity index (χ3v) is 2.88. The van der Waals surface area contributed by atoms with E-state index in [0.29, 0.717) is 11.8 Å². The Hall–Kier alpha value is -1.42. The molecule has 0 bridgehead atoms. The molecule has 0 aliphatic heterocycles. The zero-order valence-corrected chi connectivity index (χ0v) is 10.7. The minimum absolute atomic E-state index is 0.510. The lowest BCUT2D eigenvalue weighted by Crippen LogP contribution is -2.06. The van der Waals surface area contributed by atoms with Crippen LogP contribution >= 0.6 is 9.24 Å². The summed E-state index contributed by atoms with van der Waals surface area (Å²) in [6, 6.07) is 4.76. The number of rotatable bonds is 2. The summed E-state index contributed by atoms with van der Waals surface area (Å²) in [4.78, 5) is 1.34. The van der Waals surface area contributed by atoms with Crippen LogP contribution in [0.25, 0.3) is 5.69 Å². The minimum atomic E-state index is -4.32. The van der Waals surface area contributed by atoms with Crippen molar-refractivity contribution in [1.82, 2.24) is 15.0 Å². The molecule has 7 heteroatoms. The van der Waals surface area contributed by atoms with Gasteiger partial charge in [-0.3, -0.25) is 0 Å². The second-order valence-corrected chi connectivity index (χ2v) is 4.18. The molecule has 0 aliphatic rings. The van der Waals surface area contributed by atoms with Gasteiger partial charge in [-0.05, 0) is 31.2 Å². The Balaban J connectivity index is 2.34. The quantitative estimate of drug-likeness (QED) is 0.787. The summed E-state index contributed by atoms with van der Waals surface area (Å²) < 4.78 is 37.2. The Morgan fingerprint density at radius 1 is 1.17 bits per heavy atom. The maximum atomic E-state index is 12.4. The van der Waals surface area contributed by atoms with Gasteiger partial charge in [0.05, 0.1) is 22.6 Å². The van der Waals surface area contributed by atoms with E-state index in [1.807, 2.05) is 6.92 Å². The highest BCUT2D eigenvalue weighted by Crippen LogP contribution is 2.29. The highest BCUT2D eigenvalue weighted by molar-refractivity contribution is 7.15. The van der Waals surface area contributed by atoms with Gasteiger partial charge in [0.15, 0.2) is 0 Å². The van der Waals surface area contributed by atoms with E-state index in [1.54, 1.807) is 0 Å². The molecule has 3 nitrogen and oxygen atoms in total. The SMILES string of the molecule is Cc1nn(-c2ccc(C(F)(F)F)cc2)nc1CP. The maximum Gasteiger partial charge on any atom is 0.416 e. The first kappa shape index (κ1) is 13.0. The van der Waals surface area contributed by atoms with Crippen molar-refractivity contribution in [2.75, 3.05) is 0 Å². The Bertz CT molecular complexity index is 546. The molecule has 0 fully saturated rings. The number of alkyl halides is 3. The third kappa shape index (κ3) is 2.53. The van der Waals surface area contributed by atoms with Crippen LogP contribution in [-0.2, 0) is 12.3 Å². The first-order valence-electron chi connectivity index (χ1n) is 5.22. The van der Waals surface area contributed by atoms with Gasteiger partial charge in [0.1, 0.15) is 0 Å². The van der Waals surface area contributed by atoms with Crippen molar-refractivity contribution in [3.8, 4) is 5.69 Å². The van der Waals surface area contributed by atoms with E-state index in [1.165, 1.54) is 16.9 Å². The number of hydrogen-bond donors (Lipinski definition) is 0. The first-order valence-corrected chi connectivity index (χ1v) is 6.04. The van der Waals surface area contributed by atoms with Gasteiger partial charge in [-0.1, -0.05) is 0 Å². The van der Waals surface area contributed by atoms with E-state index in [0.717, 1.165) is 23.5 Å². The van der Waals surface area contributed by atoms with E-state index in [2.05, 4.69) is 19.4 Å². The molecule has 0 radical (unpaired) electrons. The van der Waals surface area contributed by atoms with Crippen molar-refractivity contribution in [3.63, 3.8) is 0 Å². The molecule has 0 spiro atoms. The zero-order chi connectivity index (χ0) is 13.3. The molecule has 0 saturated heterocycles. The second kappa shape index (κ2) is 4.69. The van der Waals surface area contributed by atoms with Crippen LogP contribution in [0.3, 0.4) is 0 Å². The van der Waals surface area contributed by atoms with Crippen LogP contribution < -0.4 is 0 Å². The fourth-order valence-electron chi connectivity index (χ4n) is 1.50. The van der Waals surface area contributed by atoms with Gasteiger partial charge in [-0.25, -0.2) is 0 Å². The van der Waals surface area contributed by atoms with Gasteiger partial charge in [-0.15, -0.1) is 9.24 Å². The van der Waals surface area contributed by atoms with Gasteiger partial charge >= 0.3 is 6.18 Å². The lowest BCUT2D eigenvalue weighted by molar-refractivity contribution is -0.137. The molecule has 18 heavy (non-hydrogen) atoms. The smallest absolute Gasteiger partial charge is 0.166 e. The van der Waals surface area contributed by atoms with Crippen molar-refractivity contribution in [2.24, 2.45) is 0 Å². The van der Waals surface area contributed by atoms with E-state index in [4.69, 9.17) is 0 Å². The zero-order valence-electron chi connectivity index (χ0n) is 9.57. The summed E-state index contributed by atoms with van der Waals surface area (Å²) in [5.74, 6) is 0. The fraction of sp³-hybridized carbons (Fsp3) is 0.273. The van der Waals surface area contributed by atoms with Crippen LogP contribution in [0.2, 0.25) is 0 Å². The van der Waals surface area contributed by atoms with Gasteiger partial charge in [0.2, 0.25) is 0 Å². The molecule has 96 valence electrons. The summed E-state index contributed by atoms with van der Waals surface area (Å²) in [6.07, 6.45) is -3.66. The monoisotopic (exact) mass is 273 g/mol. The van der Waals surface area contributed by atoms with Crippen molar-refractivity contribution in [1.29, 1.82) is 0 Å². The van der Waals surface area contributed by atoms with Gasteiger partial charge < -0.3 is 0 Å². The average Bonchev–Trinajstić information content (AvgIpc) is 2.69. The third-order valence-electron chi connectivity index (χ3n) is 2.50. The molecule has 1 atom stereocenters. The lowest BCUT2D eigenvalue weighted by Gasteiger charge is -2.06. The van der Waals surface area contributed by atoms with Crippen LogP contribution in [-0.4, -0.2) is 15.0 Å². The van der Waals surface area contributed by atoms with Crippen molar-refractivity contribution >= 4 is 9.24 Å². The molecular formula is C11H11F3N3P. The Morgan fingerprint density at radius 3 is 2.22 bits per heavy atom. The Kier molecular flexibility index (Phi) is 3.39. The van der Waals surface area contributed by atoms with Crippen LogP contribution in [0.1, 0.15) is 17.0 Å². The van der Waals surface area contributed by atoms with Crippen LogP contribution in [0.5, 0.6) is 0 Å². The number of nitrogens with zero attached hydrogens (tertiary/aromatic N) is 3. The maximum absolute atomic E-state index is 12.4. The molecular weight excluding hydrogens is 262 g/mol. The van der Waals surface area contributed by atoms with E-state index >= 15 is 0 Å². The lowest BCUT2D eigenvalue weighted by atomic mass is 10.2. The van der Waals surface area contributed by atoms with Crippen LogP contribution in [0.15, 0.2) is 24.3 Å². The molecule has 1 heterocycles. The predicted octanol–water partition coefficient (Wildman–Crippen LogP) is 2.97. The van der Waals surface area contributed by atoms with Gasteiger partial charge in [0, 0.05) is 6.16 Å². The number of halogens is 3. The summed E-state index contributed by atoms with van der Waals surface area (Å²) in [5.41, 5.74) is 1.40. The van der Waals surface area contributed by atoms with Crippen LogP contribution in [0, 0.1) is 6.92 Å². The van der Waals surface area contributed by atoms with Crippen molar-refractivity contribution in [3.05, 3.63) is 41.2 Å². The fourth-order valence-corrected chi connectivity index (χ4v) is 1.87. The predicted molar refractivity (Wildman–Crippen MR) is 64.5 cm³/mol. The topological polar surface area (TPSA) is 30.7 Å². The summed E-state index contributed by atoms with van der Waals surface area (Å²) in [5, 5.41) is 8.35. The highest BCUT2D eigenvalue weighted by Gasteiger charge is 2.30. The number of hydrogen-bond acceptors (Lipinski definition) is 2. The molecule has 2 rings (SSSR count).